The van der Waals surface area contributed by atoms with Crippen LogP contribution in [0.5, 0.6) is 5.75 Å². The number of carbonyl (C=O) groups excluding carboxylic acids is 1. The normalized spacial score (nSPS) is 18.9. The number of piperazine rings is 1. The van der Waals surface area contributed by atoms with E-state index in [4.69, 9.17) is 9.47 Å². The maximum absolute atomic E-state index is 13.0. The third-order valence-electron chi connectivity index (χ3n) is 5.26. The first-order valence-electron chi connectivity index (χ1n) is 9.22. The van der Waals surface area contributed by atoms with Crippen molar-refractivity contribution in [2.45, 2.75) is 25.4 Å². The number of nitrogens with zero attached hydrogens (tertiary/aromatic N) is 2. The molecule has 1 amide bonds. The second kappa shape index (κ2) is 11.0. The molecule has 0 saturated carbocycles. The SMILES string of the molecule is CCOc1ccccc1N1CCN(C(=O)C2(OC)CCNCC2)CC1.Cl.Cl. The number of rotatable bonds is 5. The monoisotopic (exact) mass is 419 g/mol. The summed E-state index contributed by atoms with van der Waals surface area (Å²) >= 11 is 0. The van der Waals surface area contributed by atoms with Crippen molar-refractivity contribution in [3.63, 3.8) is 0 Å². The summed E-state index contributed by atoms with van der Waals surface area (Å²) in [5, 5.41) is 3.31. The van der Waals surface area contributed by atoms with E-state index in [1.54, 1.807) is 7.11 Å². The van der Waals surface area contributed by atoms with Crippen molar-refractivity contribution in [1.29, 1.82) is 0 Å². The van der Waals surface area contributed by atoms with Crippen LogP contribution in [0, 0.1) is 0 Å². The molecule has 1 aromatic rings. The van der Waals surface area contributed by atoms with Crippen LogP contribution in [0.3, 0.4) is 0 Å². The molecular weight excluding hydrogens is 389 g/mol. The molecule has 6 nitrogen and oxygen atoms in total. The van der Waals surface area contributed by atoms with Gasteiger partial charge in [-0.25, -0.2) is 0 Å². The van der Waals surface area contributed by atoms with Crippen LogP contribution in [0.1, 0.15) is 19.8 Å². The van der Waals surface area contributed by atoms with Gasteiger partial charge in [0.25, 0.3) is 5.91 Å². The van der Waals surface area contributed by atoms with E-state index in [0.29, 0.717) is 6.61 Å². The maximum Gasteiger partial charge on any atom is 0.255 e. The average Bonchev–Trinajstić information content (AvgIpc) is 2.69. The standard InChI is InChI=1S/C19H29N3O3.2ClH/c1-3-25-17-7-5-4-6-16(17)21-12-14-22(15-13-21)18(23)19(24-2)8-10-20-11-9-19;;/h4-7,20H,3,8-15H2,1-2H3;2*1H. The molecule has 2 aliphatic heterocycles. The summed E-state index contributed by atoms with van der Waals surface area (Å²) < 4.78 is 11.4. The Morgan fingerprint density at radius 2 is 1.74 bits per heavy atom. The topological polar surface area (TPSA) is 54.0 Å². The molecule has 2 fully saturated rings. The van der Waals surface area contributed by atoms with Crippen LogP contribution in [0.2, 0.25) is 0 Å². The second-order valence-electron chi connectivity index (χ2n) is 6.63. The molecule has 1 N–H and O–H groups in total. The van der Waals surface area contributed by atoms with E-state index in [2.05, 4.69) is 16.3 Å². The molecule has 154 valence electrons. The number of piperidine rings is 1. The zero-order valence-electron chi connectivity index (χ0n) is 16.1. The highest BCUT2D eigenvalue weighted by molar-refractivity contribution is 5.86. The van der Waals surface area contributed by atoms with Crippen molar-refractivity contribution in [3.8, 4) is 5.75 Å². The van der Waals surface area contributed by atoms with Crippen LogP contribution in [-0.4, -0.2) is 69.4 Å². The number of amides is 1. The van der Waals surface area contributed by atoms with Crippen molar-refractivity contribution in [3.05, 3.63) is 24.3 Å². The van der Waals surface area contributed by atoms with Gasteiger partial charge in [-0.05, 0) is 45.0 Å². The van der Waals surface area contributed by atoms with Crippen molar-refractivity contribution in [2.24, 2.45) is 0 Å². The lowest BCUT2D eigenvalue weighted by Crippen LogP contribution is -2.59. The minimum absolute atomic E-state index is 0. The highest BCUT2D eigenvalue weighted by atomic mass is 35.5. The van der Waals surface area contributed by atoms with Gasteiger partial charge in [0.1, 0.15) is 11.4 Å². The number of methoxy groups -OCH3 is 1. The Hall–Kier alpha value is -1.21. The molecule has 2 aliphatic rings. The molecule has 0 aliphatic carbocycles. The molecule has 0 aromatic heterocycles. The molecule has 0 bridgehead atoms. The smallest absolute Gasteiger partial charge is 0.255 e. The van der Waals surface area contributed by atoms with Gasteiger partial charge in [-0.15, -0.1) is 24.8 Å². The number of halogens is 2. The van der Waals surface area contributed by atoms with E-state index in [0.717, 1.165) is 63.5 Å². The zero-order valence-corrected chi connectivity index (χ0v) is 17.7. The largest absolute Gasteiger partial charge is 0.492 e. The molecule has 8 heteroatoms. The molecule has 27 heavy (non-hydrogen) atoms. The number of ether oxygens (including phenoxy) is 2. The van der Waals surface area contributed by atoms with Crippen LogP contribution in [0.4, 0.5) is 5.69 Å². The molecule has 0 unspecified atom stereocenters. The van der Waals surface area contributed by atoms with Crippen LogP contribution >= 0.6 is 24.8 Å². The van der Waals surface area contributed by atoms with E-state index in [9.17, 15) is 4.79 Å². The Balaban J connectivity index is 0.00000182. The quantitative estimate of drug-likeness (QED) is 0.793. The number of hydrogen-bond acceptors (Lipinski definition) is 5. The molecule has 1 aromatic carbocycles. The van der Waals surface area contributed by atoms with E-state index in [1.165, 1.54) is 0 Å². The number of benzene rings is 1. The van der Waals surface area contributed by atoms with Gasteiger partial charge in [0.2, 0.25) is 0 Å². The van der Waals surface area contributed by atoms with Gasteiger partial charge >= 0.3 is 0 Å². The summed E-state index contributed by atoms with van der Waals surface area (Å²) in [7, 11) is 1.66. The molecule has 0 atom stereocenters. The third kappa shape index (κ3) is 5.19. The van der Waals surface area contributed by atoms with Crippen molar-refractivity contribution >= 4 is 36.4 Å². The lowest BCUT2D eigenvalue weighted by molar-refractivity contribution is -0.158. The average molecular weight is 420 g/mol. The molecule has 0 radical (unpaired) electrons. The minimum Gasteiger partial charge on any atom is -0.492 e. The first-order valence-corrected chi connectivity index (χ1v) is 9.22. The van der Waals surface area contributed by atoms with Crippen LogP contribution in [-0.2, 0) is 9.53 Å². The Bertz CT molecular complexity index is 589. The van der Waals surface area contributed by atoms with Gasteiger partial charge in [-0.2, -0.15) is 0 Å². The van der Waals surface area contributed by atoms with E-state index >= 15 is 0 Å². The summed E-state index contributed by atoms with van der Waals surface area (Å²) in [6, 6.07) is 8.12. The lowest BCUT2D eigenvalue weighted by Gasteiger charge is -2.42. The Kier molecular flexibility index (Phi) is 9.67. The van der Waals surface area contributed by atoms with Crippen molar-refractivity contribution in [1.82, 2.24) is 10.2 Å². The van der Waals surface area contributed by atoms with Gasteiger partial charge in [0.05, 0.1) is 12.3 Å². The van der Waals surface area contributed by atoms with Gasteiger partial charge < -0.3 is 24.6 Å². The molecule has 3 rings (SSSR count). The van der Waals surface area contributed by atoms with Crippen molar-refractivity contribution in [2.75, 3.05) is 57.9 Å². The minimum atomic E-state index is -0.642. The summed E-state index contributed by atoms with van der Waals surface area (Å²) in [6.07, 6.45) is 1.49. The third-order valence-corrected chi connectivity index (χ3v) is 5.26. The van der Waals surface area contributed by atoms with E-state index in [-0.39, 0.29) is 30.7 Å². The number of para-hydroxylation sites is 2. The fourth-order valence-electron chi connectivity index (χ4n) is 3.77. The maximum atomic E-state index is 13.0. The number of hydrogen-bond donors (Lipinski definition) is 1. The Labute approximate surface area is 174 Å². The first-order chi connectivity index (χ1) is 12.2. The van der Waals surface area contributed by atoms with Crippen molar-refractivity contribution < 1.29 is 14.3 Å². The summed E-state index contributed by atoms with van der Waals surface area (Å²) in [5.74, 6) is 1.06. The number of anilines is 1. The molecule has 2 heterocycles. The summed E-state index contributed by atoms with van der Waals surface area (Å²) in [5.41, 5.74) is 0.469. The number of nitrogens with one attached hydrogen (secondary N) is 1. The van der Waals surface area contributed by atoms with Gasteiger partial charge in [-0.1, -0.05) is 12.1 Å². The molecule has 0 spiro atoms. The summed E-state index contributed by atoms with van der Waals surface area (Å²) in [6.45, 7) is 7.39. The molecular formula is C19H31Cl2N3O3. The van der Waals surface area contributed by atoms with Crippen LogP contribution in [0.25, 0.3) is 0 Å². The van der Waals surface area contributed by atoms with E-state index in [1.807, 2.05) is 30.0 Å². The fraction of sp³-hybridized carbons (Fsp3) is 0.632. The van der Waals surface area contributed by atoms with Crippen LogP contribution < -0.4 is 15.0 Å². The van der Waals surface area contributed by atoms with Gasteiger partial charge in [-0.3, -0.25) is 4.79 Å². The van der Waals surface area contributed by atoms with E-state index < -0.39 is 5.60 Å². The van der Waals surface area contributed by atoms with Crippen LogP contribution in [0.15, 0.2) is 24.3 Å². The van der Waals surface area contributed by atoms with Gasteiger partial charge in [0, 0.05) is 33.3 Å². The highest BCUT2D eigenvalue weighted by Crippen LogP contribution is 2.30. The molecule has 2 saturated heterocycles. The Morgan fingerprint density at radius 1 is 1.11 bits per heavy atom. The Morgan fingerprint density at radius 3 is 2.33 bits per heavy atom. The highest BCUT2D eigenvalue weighted by Gasteiger charge is 2.43. The first kappa shape index (κ1) is 23.8. The summed E-state index contributed by atoms with van der Waals surface area (Å²) in [4.78, 5) is 17.3. The predicted octanol–water partition coefficient (Wildman–Crippen LogP) is 2.35. The van der Waals surface area contributed by atoms with Gasteiger partial charge in [0.15, 0.2) is 0 Å². The second-order valence-corrected chi connectivity index (χ2v) is 6.63. The zero-order chi connectivity index (χ0) is 17.7. The predicted molar refractivity (Wildman–Crippen MR) is 113 cm³/mol. The lowest BCUT2D eigenvalue weighted by atomic mass is 9.90. The number of carbonyl (C=O) groups is 1. The fourth-order valence-corrected chi connectivity index (χ4v) is 3.77.